The van der Waals surface area contributed by atoms with Crippen molar-refractivity contribution in [2.24, 2.45) is 40.9 Å². The van der Waals surface area contributed by atoms with E-state index in [1.165, 1.54) is 19.3 Å². The summed E-state index contributed by atoms with van der Waals surface area (Å²) in [6.07, 6.45) is 10.1. The van der Waals surface area contributed by atoms with Gasteiger partial charge in [0.1, 0.15) is 5.67 Å². The van der Waals surface area contributed by atoms with Gasteiger partial charge in [0.2, 0.25) is 0 Å². The topological polar surface area (TPSA) is 20.2 Å². The fraction of sp³-hybridized carbons (Fsp3) is 1.00. The first-order valence-corrected chi connectivity index (χ1v) is 9.79. The van der Waals surface area contributed by atoms with Crippen LogP contribution in [0.2, 0.25) is 0 Å². The largest absolute Gasteiger partial charge is 0.396 e. The van der Waals surface area contributed by atoms with Crippen molar-refractivity contribution < 1.29 is 9.50 Å². The molecular weight excluding hydrogens is 275 g/mol. The summed E-state index contributed by atoms with van der Waals surface area (Å²) in [4.78, 5) is 0. The van der Waals surface area contributed by atoms with Gasteiger partial charge in [-0.15, -0.1) is 0 Å². The van der Waals surface area contributed by atoms with Crippen molar-refractivity contribution in [3.8, 4) is 0 Å². The van der Waals surface area contributed by atoms with Gasteiger partial charge in [-0.2, -0.15) is 0 Å². The number of halogens is 1. The molecular formula is C20H33FO. The van der Waals surface area contributed by atoms with E-state index in [0.717, 1.165) is 44.4 Å². The smallest absolute Gasteiger partial charge is 0.117 e. The number of aliphatic hydroxyl groups is 1. The lowest BCUT2D eigenvalue weighted by atomic mass is 9.48. The number of hydrogen-bond acceptors (Lipinski definition) is 1. The van der Waals surface area contributed by atoms with E-state index >= 15 is 4.39 Å². The zero-order valence-corrected chi connectivity index (χ0v) is 14.4. The molecule has 0 heterocycles. The van der Waals surface area contributed by atoms with Crippen molar-refractivity contribution in [3.63, 3.8) is 0 Å². The van der Waals surface area contributed by atoms with Crippen LogP contribution in [0.5, 0.6) is 0 Å². The van der Waals surface area contributed by atoms with Gasteiger partial charge in [-0.3, -0.25) is 0 Å². The number of fused-ring (bicyclic) bond motifs is 5. The van der Waals surface area contributed by atoms with Crippen molar-refractivity contribution in [3.05, 3.63) is 0 Å². The van der Waals surface area contributed by atoms with Crippen LogP contribution in [0.3, 0.4) is 0 Å². The van der Waals surface area contributed by atoms with Crippen LogP contribution in [0.4, 0.5) is 4.39 Å². The Kier molecular flexibility index (Phi) is 3.64. The molecule has 2 heteroatoms. The van der Waals surface area contributed by atoms with Crippen molar-refractivity contribution in [2.45, 2.75) is 77.3 Å². The normalized spacial score (nSPS) is 57.8. The molecule has 126 valence electrons. The van der Waals surface area contributed by atoms with Gasteiger partial charge in [0, 0.05) is 6.61 Å². The lowest BCUT2D eigenvalue weighted by Gasteiger charge is -2.58. The average Bonchev–Trinajstić information content (AvgIpc) is 2.84. The lowest BCUT2D eigenvalue weighted by molar-refractivity contribution is -0.140. The Morgan fingerprint density at radius 2 is 1.82 bits per heavy atom. The third-order valence-electron chi connectivity index (χ3n) is 8.70. The maximum atomic E-state index is 16.0. The fourth-order valence-electron chi connectivity index (χ4n) is 7.41. The molecule has 1 nitrogen and oxygen atoms in total. The van der Waals surface area contributed by atoms with E-state index in [-0.39, 0.29) is 0 Å². The minimum absolute atomic E-state index is 0.293. The predicted octanol–water partition coefficient (Wildman–Crippen LogP) is 4.98. The second-order valence-electron chi connectivity index (χ2n) is 9.46. The quantitative estimate of drug-likeness (QED) is 0.724. The molecule has 1 N–H and O–H groups in total. The zero-order valence-electron chi connectivity index (χ0n) is 14.4. The van der Waals surface area contributed by atoms with Crippen molar-refractivity contribution >= 4 is 0 Å². The molecule has 0 bridgehead atoms. The third-order valence-corrected chi connectivity index (χ3v) is 8.70. The highest BCUT2D eigenvalue weighted by molar-refractivity contribution is 5.10. The van der Waals surface area contributed by atoms with E-state index in [2.05, 4.69) is 13.8 Å². The van der Waals surface area contributed by atoms with Crippen molar-refractivity contribution in [1.29, 1.82) is 0 Å². The Morgan fingerprint density at radius 1 is 1.00 bits per heavy atom. The van der Waals surface area contributed by atoms with E-state index in [1.807, 2.05) is 0 Å². The Labute approximate surface area is 135 Å². The summed E-state index contributed by atoms with van der Waals surface area (Å²) < 4.78 is 16.0. The molecule has 0 aromatic rings. The minimum atomic E-state index is -0.853. The molecule has 0 amide bonds. The summed E-state index contributed by atoms with van der Waals surface area (Å²) in [6, 6.07) is 0. The summed E-state index contributed by atoms with van der Waals surface area (Å²) in [7, 11) is 0. The zero-order chi connectivity index (χ0) is 15.5. The van der Waals surface area contributed by atoms with E-state index in [9.17, 15) is 5.11 Å². The molecule has 0 aromatic heterocycles. The molecule has 4 aliphatic carbocycles. The fourth-order valence-corrected chi connectivity index (χ4v) is 7.41. The van der Waals surface area contributed by atoms with E-state index in [1.54, 1.807) is 0 Å². The highest BCUT2D eigenvalue weighted by atomic mass is 19.1. The molecule has 4 rings (SSSR count). The number of aliphatic hydroxyl groups excluding tert-OH is 1. The van der Waals surface area contributed by atoms with E-state index < -0.39 is 5.67 Å². The second-order valence-corrected chi connectivity index (χ2v) is 9.46. The van der Waals surface area contributed by atoms with Gasteiger partial charge in [0.25, 0.3) is 0 Å². The molecule has 0 aliphatic heterocycles. The first kappa shape index (κ1) is 15.4. The van der Waals surface area contributed by atoms with Crippen LogP contribution in [0.1, 0.15) is 71.6 Å². The molecule has 0 radical (unpaired) electrons. The summed E-state index contributed by atoms with van der Waals surface area (Å²) in [6.45, 7) is 5.05. The second kappa shape index (κ2) is 5.19. The van der Waals surface area contributed by atoms with Crippen LogP contribution < -0.4 is 0 Å². The van der Waals surface area contributed by atoms with Gasteiger partial charge in [-0.05, 0) is 98.7 Å². The molecule has 4 saturated carbocycles. The van der Waals surface area contributed by atoms with Gasteiger partial charge >= 0.3 is 0 Å². The average molecular weight is 308 g/mol. The van der Waals surface area contributed by atoms with Gasteiger partial charge in [-0.1, -0.05) is 13.8 Å². The van der Waals surface area contributed by atoms with Gasteiger partial charge in [-0.25, -0.2) is 4.39 Å². The molecule has 8 atom stereocenters. The SMILES string of the molecule is CC1CCC2(F)C(CCC3C4CCC(CO)C4(C)CCC32)C1. The number of alkyl halides is 1. The van der Waals surface area contributed by atoms with E-state index in [4.69, 9.17) is 0 Å². The minimum Gasteiger partial charge on any atom is -0.396 e. The van der Waals surface area contributed by atoms with Crippen LogP contribution in [-0.4, -0.2) is 17.4 Å². The first-order valence-electron chi connectivity index (χ1n) is 9.79. The van der Waals surface area contributed by atoms with Crippen LogP contribution in [0.15, 0.2) is 0 Å². The Balaban J connectivity index is 1.61. The van der Waals surface area contributed by atoms with E-state index in [0.29, 0.717) is 41.6 Å². The van der Waals surface area contributed by atoms with Crippen LogP contribution in [-0.2, 0) is 0 Å². The highest BCUT2D eigenvalue weighted by Crippen LogP contribution is 2.66. The maximum Gasteiger partial charge on any atom is 0.117 e. The van der Waals surface area contributed by atoms with Gasteiger partial charge < -0.3 is 5.11 Å². The van der Waals surface area contributed by atoms with Gasteiger partial charge in [0.15, 0.2) is 0 Å². The van der Waals surface area contributed by atoms with Crippen molar-refractivity contribution in [2.75, 3.05) is 6.61 Å². The standard InChI is InChI=1S/C20H33FO/c1-13-7-10-20(21)14(11-13)3-5-16-17-6-4-15(12-22)19(17,2)9-8-18(16)20/h13-18,22H,3-12H2,1-2H3. The first-order chi connectivity index (χ1) is 10.5. The molecule has 4 fully saturated rings. The third kappa shape index (κ3) is 1.98. The molecule has 0 saturated heterocycles. The summed E-state index contributed by atoms with van der Waals surface area (Å²) in [5, 5.41) is 9.76. The molecule has 8 unspecified atom stereocenters. The molecule has 0 spiro atoms. The van der Waals surface area contributed by atoms with Crippen LogP contribution >= 0.6 is 0 Å². The molecule has 22 heavy (non-hydrogen) atoms. The van der Waals surface area contributed by atoms with Crippen LogP contribution in [0, 0.1) is 40.9 Å². The molecule has 4 aliphatic rings. The summed E-state index contributed by atoms with van der Waals surface area (Å²) >= 11 is 0. The number of hydrogen-bond donors (Lipinski definition) is 1. The summed E-state index contributed by atoms with van der Waals surface area (Å²) in [5.74, 6) is 3.15. The van der Waals surface area contributed by atoms with Crippen molar-refractivity contribution in [1.82, 2.24) is 0 Å². The lowest BCUT2D eigenvalue weighted by Crippen LogP contribution is -2.56. The Morgan fingerprint density at radius 3 is 2.59 bits per heavy atom. The monoisotopic (exact) mass is 308 g/mol. The maximum absolute atomic E-state index is 16.0. The Bertz CT molecular complexity index is 437. The molecule has 0 aromatic carbocycles. The van der Waals surface area contributed by atoms with Crippen LogP contribution in [0.25, 0.3) is 0 Å². The Hall–Kier alpha value is -0.110. The highest BCUT2D eigenvalue weighted by Gasteiger charge is 2.61. The number of rotatable bonds is 1. The summed E-state index contributed by atoms with van der Waals surface area (Å²) in [5.41, 5.74) is -0.560. The van der Waals surface area contributed by atoms with Gasteiger partial charge in [0.05, 0.1) is 0 Å². The predicted molar refractivity (Wildman–Crippen MR) is 87.2 cm³/mol.